The number of fused-ring (bicyclic) bond motifs is 2. The summed E-state index contributed by atoms with van der Waals surface area (Å²) >= 11 is 1.57. The fraction of sp³-hybridized carbons (Fsp3) is 0.263. The number of carbonyl (C=O) groups is 2. The molecule has 0 radical (unpaired) electrons. The fourth-order valence-corrected chi connectivity index (χ4v) is 4.15. The summed E-state index contributed by atoms with van der Waals surface area (Å²) in [5, 5.41) is 3.01. The van der Waals surface area contributed by atoms with E-state index < -0.39 is 0 Å². The topological polar surface area (TPSA) is 49.4 Å². The van der Waals surface area contributed by atoms with E-state index in [9.17, 15) is 9.59 Å². The number of hydrogen-bond acceptors (Lipinski definition) is 3. The van der Waals surface area contributed by atoms with Gasteiger partial charge in [-0.2, -0.15) is 0 Å². The summed E-state index contributed by atoms with van der Waals surface area (Å²) in [6.07, 6.45) is 3.11. The summed E-state index contributed by atoms with van der Waals surface area (Å²) in [5.41, 5.74) is 2.36. The highest BCUT2D eigenvalue weighted by Gasteiger charge is 2.27. The predicted octanol–water partition coefficient (Wildman–Crippen LogP) is 4.17. The van der Waals surface area contributed by atoms with Crippen LogP contribution in [0, 0.1) is 5.92 Å². The molecule has 5 heteroatoms. The number of anilines is 2. The molecular formula is C19H18N2O2S. The second-order valence-electron chi connectivity index (χ2n) is 6.26. The van der Waals surface area contributed by atoms with Crippen molar-refractivity contribution in [2.75, 3.05) is 17.3 Å². The van der Waals surface area contributed by atoms with Gasteiger partial charge < -0.3 is 10.2 Å². The summed E-state index contributed by atoms with van der Waals surface area (Å²) in [6.45, 7) is 0. The summed E-state index contributed by atoms with van der Waals surface area (Å²) in [6, 6.07) is 13.4. The van der Waals surface area contributed by atoms with Crippen LogP contribution in [0.5, 0.6) is 0 Å². The largest absolute Gasteiger partial charge is 0.326 e. The maximum atomic E-state index is 12.6. The highest BCUT2D eigenvalue weighted by Crippen LogP contribution is 2.42. The van der Waals surface area contributed by atoms with E-state index in [0.717, 1.165) is 40.4 Å². The Kier molecular flexibility index (Phi) is 3.81. The minimum atomic E-state index is -0.0110. The van der Waals surface area contributed by atoms with Crippen molar-refractivity contribution >= 4 is 35.0 Å². The van der Waals surface area contributed by atoms with Crippen LogP contribution >= 0.6 is 11.8 Å². The van der Waals surface area contributed by atoms with Gasteiger partial charge in [-0.3, -0.25) is 9.59 Å². The van der Waals surface area contributed by atoms with E-state index in [4.69, 9.17) is 0 Å². The molecule has 1 aliphatic carbocycles. The van der Waals surface area contributed by atoms with Gasteiger partial charge in [0.25, 0.3) is 5.91 Å². The average Bonchev–Trinajstić information content (AvgIpc) is 2.62. The van der Waals surface area contributed by atoms with Gasteiger partial charge in [-0.25, -0.2) is 0 Å². The van der Waals surface area contributed by atoms with Crippen LogP contribution in [0.2, 0.25) is 0 Å². The van der Waals surface area contributed by atoms with Crippen LogP contribution in [0.25, 0.3) is 0 Å². The molecule has 24 heavy (non-hydrogen) atoms. The first-order valence-electron chi connectivity index (χ1n) is 8.13. The molecule has 1 fully saturated rings. The Morgan fingerprint density at radius 1 is 1.17 bits per heavy atom. The van der Waals surface area contributed by atoms with Crippen LogP contribution in [0.4, 0.5) is 11.4 Å². The molecule has 4 nitrogen and oxygen atoms in total. The second-order valence-corrected chi connectivity index (χ2v) is 7.35. The molecule has 2 aromatic carbocycles. The zero-order valence-corrected chi connectivity index (χ0v) is 14.2. The van der Waals surface area contributed by atoms with Gasteiger partial charge in [0.05, 0.1) is 11.3 Å². The van der Waals surface area contributed by atoms with Crippen molar-refractivity contribution in [1.29, 1.82) is 0 Å². The highest BCUT2D eigenvalue weighted by atomic mass is 32.2. The molecular weight excluding hydrogens is 320 g/mol. The highest BCUT2D eigenvalue weighted by molar-refractivity contribution is 7.99. The Labute approximate surface area is 145 Å². The van der Waals surface area contributed by atoms with Crippen LogP contribution in [-0.2, 0) is 4.79 Å². The van der Waals surface area contributed by atoms with Crippen molar-refractivity contribution in [1.82, 2.24) is 0 Å². The Bertz CT molecular complexity index is 830. The average molecular weight is 338 g/mol. The molecule has 2 aliphatic rings. The molecule has 1 heterocycles. The number of nitrogens with one attached hydrogen (secondary N) is 1. The lowest BCUT2D eigenvalue weighted by Crippen LogP contribution is -2.28. The van der Waals surface area contributed by atoms with E-state index in [1.165, 1.54) is 0 Å². The third-order valence-electron chi connectivity index (χ3n) is 4.71. The molecule has 1 N–H and O–H groups in total. The molecule has 4 rings (SSSR count). The lowest BCUT2D eigenvalue weighted by molar-refractivity contribution is -0.122. The Balaban J connectivity index is 1.68. The third-order valence-corrected chi connectivity index (χ3v) is 5.83. The van der Waals surface area contributed by atoms with E-state index in [1.54, 1.807) is 23.7 Å². The van der Waals surface area contributed by atoms with E-state index >= 15 is 0 Å². The number of nitrogens with zero attached hydrogens (tertiary/aromatic N) is 1. The van der Waals surface area contributed by atoms with Gasteiger partial charge in [0.15, 0.2) is 0 Å². The fourth-order valence-electron chi connectivity index (χ4n) is 3.01. The summed E-state index contributed by atoms with van der Waals surface area (Å²) < 4.78 is 0. The molecule has 0 spiro atoms. The van der Waals surface area contributed by atoms with Gasteiger partial charge >= 0.3 is 0 Å². The van der Waals surface area contributed by atoms with Crippen molar-refractivity contribution in [2.24, 2.45) is 5.92 Å². The predicted molar refractivity (Wildman–Crippen MR) is 95.7 cm³/mol. The Hall–Kier alpha value is -2.27. The van der Waals surface area contributed by atoms with E-state index in [-0.39, 0.29) is 17.7 Å². The van der Waals surface area contributed by atoms with Crippen molar-refractivity contribution < 1.29 is 9.59 Å². The number of hydrogen-bond donors (Lipinski definition) is 1. The van der Waals surface area contributed by atoms with Crippen molar-refractivity contribution in [3.05, 3.63) is 48.0 Å². The molecule has 1 saturated carbocycles. The summed E-state index contributed by atoms with van der Waals surface area (Å²) in [5.74, 6) is 0.245. The van der Waals surface area contributed by atoms with Crippen molar-refractivity contribution in [3.8, 4) is 0 Å². The molecule has 1 aliphatic heterocycles. The van der Waals surface area contributed by atoms with Crippen LogP contribution in [0.1, 0.15) is 29.6 Å². The number of benzene rings is 2. The Morgan fingerprint density at radius 3 is 2.71 bits per heavy atom. The SMILES string of the molecule is CN1C(=O)c2ccccc2Sc2cc(NC(=O)C3CCC3)ccc21. The van der Waals surface area contributed by atoms with Gasteiger partial charge in [-0.15, -0.1) is 0 Å². The molecule has 122 valence electrons. The maximum absolute atomic E-state index is 12.6. The van der Waals surface area contributed by atoms with E-state index in [0.29, 0.717) is 5.56 Å². The normalized spacial score (nSPS) is 16.7. The first-order chi connectivity index (χ1) is 11.6. The monoisotopic (exact) mass is 338 g/mol. The van der Waals surface area contributed by atoms with Crippen LogP contribution in [0.15, 0.2) is 52.3 Å². The number of rotatable bonds is 2. The van der Waals surface area contributed by atoms with E-state index in [2.05, 4.69) is 5.32 Å². The first kappa shape index (κ1) is 15.3. The molecule has 2 amide bonds. The smallest absolute Gasteiger partial charge is 0.259 e. The van der Waals surface area contributed by atoms with Gasteiger partial charge in [0.1, 0.15) is 0 Å². The minimum Gasteiger partial charge on any atom is -0.326 e. The quantitative estimate of drug-likeness (QED) is 0.894. The molecule has 0 aromatic heterocycles. The number of carbonyl (C=O) groups excluding carboxylic acids is 2. The van der Waals surface area contributed by atoms with Crippen LogP contribution in [0.3, 0.4) is 0 Å². The van der Waals surface area contributed by atoms with E-state index in [1.807, 2.05) is 42.5 Å². The first-order valence-corrected chi connectivity index (χ1v) is 8.95. The zero-order valence-electron chi connectivity index (χ0n) is 13.4. The molecule has 0 saturated heterocycles. The van der Waals surface area contributed by atoms with Crippen molar-refractivity contribution in [3.63, 3.8) is 0 Å². The molecule has 0 bridgehead atoms. The second kappa shape index (κ2) is 5.98. The van der Waals surface area contributed by atoms with Gasteiger partial charge in [0, 0.05) is 28.4 Å². The van der Waals surface area contributed by atoms with Gasteiger partial charge in [-0.05, 0) is 43.2 Å². The zero-order chi connectivity index (χ0) is 16.7. The van der Waals surface area contributed by atoms with Gasteiger partial charge in [-0.1, -0.05) is 30.3 Å². The number of amides is 2. The lowest BCUT2D eigenvalue weighted by Gasteiger charge is -2.24. The molecule has 0 unspecified atom stereocenters. The van der Waals surface area contributed by atoms with Crippen molar-refractivity contribution in [2.45, 2.75) is 29.1 Å². The van der Waals surface area contributed by atoms with Crippen LogP contribution < -0.4 is 10.2 Å². The summed E-state index contributed by atoms with van der Waals surface area (Å²) in [7, 11) is 1.79. The molecule has 2 aromatic rings. The third kappa shape index (κ3) is 2.59. The Morgan fingerprint density at radius 2 is 1.96 bits per heavy atom. The van der Waals surface area contributed by atoms with Crippen LogP contribution in [-0.4, -0.2) is 18.9 Å². The maximum Gasteiger partial charge on any atom is 0.259 e. The standard InChI is InChI=1S/C19H18N2O2S/c1-21-15-10-9-13(20-18(22)12-5-4-6-12)11-17(15)24-16-8-3-2-7-14(16)19(21)23/h2-3,7-12H,4-6H2,1H3,(H,20,22). The van der Waals surface area contributed by atoms with Gasteiger partial charge in [0.2, 0.25) is 5.91 Å². The molecule has 0 atom stereocenters. The minimum absolute atomic E-state index is 0.0110. The summed E-state index contributed by atoms with van der Waals surface area (Å²) in [4.78, 5) is 28.4. The lowest BCUT2D eigenvalue weighted by atomic mass is 9.85.